The van der Waals surface area contributed by atoms with E-state index in [9.17, 15) is 0 Å². The molecule has 5 nitrogen and oxygen atoms in total. The van der Waals surface area contributed by atoms with Gasteiger partial charge in [-0.2, -0.15) is 10.4 Å². The average Bonchev–Trinajstić information content (AvgIpc) is 2.55. The Balaban J connectivity index is 3.16. The molecule has 94 valence electrons. The van der Waals surface area contributed by atoms with Crippen molar-refractivity contribution in [3.63, 3.8) is 0 Å². The molecule has 0 aliphatic carbocycles. The zero-order chi connectivity index (χ0) is 13.2. The molecule has 0 spiro atoms. The molecule has 0 fully saturated rings. The molecule has 0 saturated heterocycles. The number of hydrogen-bond acceptors (Lipinski definition) is 4. The van der Waals surface area contributed by atoms with Gasteiger partial charge in [0.1, 0.15) is 0 Å². The van der Waals surface area contributed by atoms with Crippen LogP contribution >= 0.6 is 0 Å². The molecule has 1 unspecified atom stereocenters. The Morgan fingerprint density at radius 3 is 2.53 bits per heavy atom. The summed E-state index contributed by atoms with van der Waals surface area (Å²) in [7, 11) is 1.95. The lowest BCUT2D eigenvalue weighted by Crippen LogP contribution is -2.31. The van der Waals surface area contributed by atoms with Gasteiger partial charge in [0, 0.05) is 19.1 Å². The summed E-state index contributed by atoms with van der Waals surface area (Å²) in [6.45, 7) is 8.05. The highest BCUT2D eigenvalue weighted by atomic mass is 15.4. The number of nitriles is 1. The molecule has 0 radical (unpaired) electrons. The van der Waals surface area contributed by atoms with Crippen molar-refractivity contribution in [3.8, 4) is 6.07 Å². The molecular weight excluding hydrogens is 214 g/mol. The van der Waals surface area contributed by atoms with Crippen LogP contribution in [-0.4, -0.2) is 22.9 Å². The summed E-state index contributed by atoms with van der Waals surface area (Å²) in [5.74, 6) is 0.903. The van der Waals surface area contributed by atoms with Gasteiger partial charge in [-0.3, -0.25) is 0 Å². The molecule has 0 aromatic carbocycles. The molecule has 0 saturated carbocycles. The molecule has 0 amide bonds. The molecular formula is C12H21N5. The summed E-state index contributed by atoms with van der Waals surface area (Å²) >= 11 is 0. The van der Waals surface area contributed by atoms with Gasteiger partial charge < -0.3 is 10.6 Å². The van der Waals surface area contributed by atoms with Crippen molar-refractivity contribution in [1.82, 2.24) is 9.78 Å². The molecule has 1 heterocycles. The van der Waals surface area contributed by atoms with Crippen LogP contribution < -0.4 is 10.6 Å². The van der Waals surface area contributed by atoms with E-state index in [1.807, 2.05) is 30.5 Å². The molecule has 1 atom stereocenters. The third kappa shape index (κ3) is 2.52. The van der Waals surface area contributed by atoms with Crippen LogP contribution in [0.3, 0.4) is 0 Å². The fourth-order valence-corrected chi connectivity index (χ4v) is 1.74. The van der Waals surface area contributed by atoms with E-state index in [1.54, 1.807) is 0 Å². The van der Waals surface area contributed by atoms with Crippen molar-refractivity contribution in [3.05, 3.63) is 5.69 Å². The Bertz CT molecular complexity index is 427. The maximum Gasteiger partial charge on any atom is 0.150 e. The number of nitrogens with zero attached hydrogens (tertiary/aromatic N) is 4. The van der Waals surface area contributed by atoms with Crippen molar-refractivity contribution in [1.29, 1.82) is 5.26 Å². The minimum absolute atomic E-state index is 0.121. The third-order valence-corrected chi connectivity index (χ3v) is 2.98. The second-order valence-electron chi connectivity index (χ2n) is 4.68. The van der Waals surface area contributed by atoms with Gasteiger partial charge in [-0.1, -0.05) is 0 Å². The predicted molar refractivity (Wildman–Crippen MR) is 69.9 cm³/mol. The minimum atomic E-state index is 0.121. The summed E-state index contributed by atoms with van der Waals surface area (Å²) in [5.41, 5.74) is 7.61. The van der Waals surface area contributed by atoms with E-state index >= 15 is 0 Å². The smallest absolute Gasteiger partial charge is 0.150 e. The van der Waals surface area contributed by atoms with E-state index in [0.717, 1.165) is 11.5 Å². The van der Waals surface area contributed by atoms with Crippen molar-refractivity contribution in [2.45, 2.75) is 46.2 Å². The molecule has 1 aromatic rings. The van der Waals surface area contributed by atoms with E-state index in [-0.39, 0.29) is 12.1 Å². The first kappa shape index (κ1) is 13.4. The second kappa shape index (κ2) is 5.09. The first-order chi connectivity index (χ1) is 7.90. The van der Waals surface area contributed by atoms with Crippen LogP contribution in [0.4, 0.5) is 11.5 Å². The largest absolute Gasteiger partial charge is 0.394 e. The normalized spacial score (nSPS) is 12.5. The zero-order valence-corrected chi connectivity index (χ0v) is 11.2. The summed E-state index contributed by atoms with van der Waals surface area (Å²) in [4.78, 5) is 2.03. The zero-order valence-electron chi connectivity index (χ0n) is 11.2. The Morgan fingerprint density at radius 2 is 2.06 bits per heavy atom. The topological polar surface area (TPSA) is 70.9 Å². The summed E-state index contributed by atoms with van der Waals surface area (Å²) < 4.78 is 1.92. The highest BCUT2D eigenvalue weighted by Crippen LogP contribution is 2.30. The highest BCUT2D eigenvalue weighted by Gasteiger charge is 2.21. The number of aryl methyl sites for hydroxylation is 1. The molecule has 0 aliphatic heterocycles. The predicted octanol–water partition coefficient (Wildman–Crippen LogP) is 2.09. The quantitative estimate of drug-likeness (QED) is 0.867. The molecule has 17 heavy (non-hydrogen) atoms. The maximum absolute atomic E-state index is 8.76. The van der Waals surface area contributed by atoms with Crippen LogP contribution in [0.15, 0.2) is 0 Å². The van der Waals surface area contributed by atoms with Crippen LogP contribution in [0, 0.1) is 18.3 Å². The third-order valence-electron chi connectivity index (χ3n) is 2.98. The lowest BCUT2D eigenvalue weighted by molar-refractivity contribution is 0.517. The van der Waals surface area contributed by atoms with Crippen molar-refractivity contribution in [2.75, 3.05) is 17.7 Å². The molecule has 0 aliphatic rings. The molecule has 5 heteroatoms. The van der Waals surface area contributed by atoms with Crippen LogP contribution in [0.25, 0.3) is 0 Å². The summed E-state index contributed by atoms with van der Waals surface area (Å²) in [5, 5.41) is 13.2. The maximum atomic E-state index is 8.76. The van der Waals surface area contributed by atoms with Crippen molar-refractivity contribution < 1.29 is 0 Å². The SMILES string of the molecule is Cc1nn(C(C)C)c(N(C)C(C)CC#N)c1N. The van der Waals surface area contributed by atoms with Crippen molar-refractivity contribution in [2.24, 2.45) is 0 Å². The number of nitrogen functional groups attached to an aromatic ring is 1. The number of aromatic nitrogens is 2. The molecule has 0 bridgehead atoms. The second-order valence-corrected chi connectivity index (χ2v) is 4.68. The monoisotopic (exact) mass is 235 g/mol. The van der Waals surface area contributed by atoms with Gasteiger partial charge in [0.2, 0.25) is 0 Å². The van der Waals surface area contributed by atoms with Crippen LogP contribution in [-0.2, 0) is 0 Å². The van der Waals surface area contributed by atoms with Crippen LogP contribution in [0.1, 0.15) is 38.9 Å². The first-order valence-corrected chi connectivity index (χ1v) is 5.84. The van der Waals surface area contributed by atoms with E-state index in [1.165, 1.54) is 0 Å². The van der Waals surface area contributed by atoms with Crippen molar-refractivity contribution >= 4 is 11.5 Å². The Kier molecular flexibility index (Phi) is 4.00. The van der Waals surface area contributed by atoms with E-state index in [0.29, 0.717) is 12.1 Å². The summed E-state index contributed by atoms with van der Waals surface area (Å²) in [6.07, 6.45) is 0.470. The van der Waals surface area contributed by atoms with Gasteiger partial charge in [0.15, 0.2) is 5.82 Å². The number of hydrogen-bond donors (Lipinski definition) is 1. The van der Waals surface area contributed by atoms with Gasteiger partial charge in [0.05, 0.1) is 23.9 Å². The molecule has 2 N–H and O–H groups in total. The minimum Gasteiger partial charge on any atom is -0.394 e. The molecule has 1 rings (SSSR count). The van der Waals surface area contributed by atoms with Crippen LogP contribution in [0.5, 0.6) is 0 Å². The van der Waals surface area contributed by atoms with Gasteiger partial charge in [-0.25, -0.2) is 4.68 Å². The van der Waals surface area contributed by atoms with E-state index in [4.69, 9.17) is 11.0 Å². The Hall–Kier alpha value is -1.70. The Labute approximate surface area is 103 Å². The average molecular weight is 235 g/mol. The summed E-state index contributed by atoms with van der Waals surface area (Å²) in [6, 6.07) is 2.55. The van der Waals surface area contributed by atoms with E-state index in [2.05, 4.69) is 25.0 Å². The highest BCUT2D eigenvalue weighted by molar-refractivity contribution is 5.66. The van der Waals surface area contributed by atoms with Gasteiger partial charge >= 0.3 is 0 Å². The van der Waals surface area contributed by atoms with E-state index < -0.39 is 0 Å². The first-order valence-electron chi connectivity index (χ1n) is 5.84. The van der Waals surface area contributed by atoms with Gasteiger partial charge in [0.25, 0.3) is 0 Å². The molecule has 1 aromatic heterocycles. The fourth-order valence-electron chi connectivity index (χ4n) is 1.74. The number of anilines is 2. The standard InChI is InChI=1S/C12H21N5/c1-8(2)17-12(11(14)10(4)15-17)16(5)9(3)6-7-13/h8-9H,6,14H2,1-5H3. The number of rotatable bonds is 4. The number of nitrogens with two attached hydrogens (primary N) is 1. The lowest BCUT2D eigenvalue weighted by Gasteiger charge is -2.27. The van der Waals surface area contributed by atoms with Gasteiger partial charge in [-0.15, -0.1) is 0 Å². The lowest BCUT2D eigenvalue weighted by atomic mass is 10.2. The van der Waals surface area contributed by atoms with Gasteiger partial charge in [-0.05, 0) is 27.7 Å². The fraction of sp³-hybridized carbons (Fsp3) is 0.667. The van der Waals surface area contributed by atoms with Crippen LogP contribution in [0.2, 0.25) is 0 Å². The Morgan fingerprint density at radius 1 is 1.47 bits per heavy atom.